The van der Waals surface area contributed by atoms with Crippen molar-refractivity contribution in [1.82, 2.24) is 4.90 Å². The van der Waals surface area contributed by atoms with E-state index in [0.717, 1.165) is 16.7 Å². The third-order valence-corrected chi connectivity index (χ3v) is 5.77. The smallest absolute Gasteiger partial charge is 0.294 e. The number of methoxy groups -OCH3 is 2. The van der Waals surface area contributed by atoms with Crippen molar-refractivity contribution in [3.63, 3.8) is 0 Å². The van der Waals surface area contributed by atoms with Crippen molar-refractivity contribution in [3.8, 4) is 29.6 Å². The minimum Gasteiger partial charge on any atom is -0.497 e. The van der Waals surface area contributed by atoms with Gasteiger partial charge in [-0.1, -0.05) is 21.9 Å². The second-order valence-corrected chi connectivity index (χ2v) is 8.47. The van der Waals surface area contributed by atoms with E-state index in [1.54, 1.807) is 36.4 Å². The molecule has 33 heavy (non-hydrogen) atoms. The highest BCUT2D eigenvalue weighted by atomic mass is 79.9. The molecule has 2 aromatic rings. The van der Waals surface area contributed by atoms with Gasteiger partial charge in [0.2, 0.25) is 5.91 Å². The highest BCUT2D eigenvalue weighted by Gasteiger charge is 2.36. The first-order valence-corrected chi connectivity index (χ1v) is 11.1. The fraction of sp³-hybridized carbons (Fsp3) is 0.174. The number of hydrogen-bond acceptors (Lipinski definition) is 7. The number of hydrogen-bond donors (Lipinski definition) is 1. The van der Waals surface area contributed by atoms with Crippen LogP contribution in [0.5, 0.6) is 17.2 Å². The van der Waals surface area contributed by atoms with Gasteiger partial charge in [-0.25, -0.2) is 0 Å². The number of imide groups is 1. The average Bonchev–Trinajstić information content (AvgIpc) is 3.05. The molecular weight excluding hydrogens is 512 g/mol. The zero-order chi connectivity index (χ0) is 24.0. The van der Waals surface area contributed by atoms with Gasteiger partial charge in [-0.3, -0.25) is 19.3 Å². The summed E-state index contributed by atoms with van der Waals surface area (Å²) in [6.07, 6.45) is 6.80. The van der Waals surface area contributed by atoms with E-state index in [2.05, 4.69) is 27.2 Å². The average molecular weight is 531 g/mol. The Bertz CT molecular complexity index is 1160. The van der Waals surface area contributed by atoms with Gasteiger partial charge in [0.25, 0.3) is 11.1 Å². The third-order valence-electron chi connectivity index (χ3n) is 4.40. The first-order chi connectivity index (χ1) is 15.9. The molecule has 0 saturated carbocycles. The number of carbonyl (C=O) groups excluding carboxylic acids is 3. The summed E-state index contributed by atoms with van der Waals surface area (Å²) in [4.78, 5) is 38.7. The number of halogens is 1. The van der Waals surface area contributed by atoms with Gasteiger partial charge >= 0.3 is 0 Å². The molecule has 0 aromatic heterocycles. The topological polar surface area (TPSA) is 94.2 Å². The third kappa shape index (κ3) is 5.88. The van der Waals surface area contributed by atoms with Gasteiger partial charge in [-0.15, -0.1) is 6.42 Å². The predicted octanol–water partition coefficient (Wildman–Crippen LogP) is 4.15. The van der Waals surface area contributed by atoms with Crippen molar-refractivity contribution < 1.29 is 28.6 Å². The summed E-state index contributed by atoms with van der Waals surface area (Å²) < 4.78 is 16.7. The van der Waals surface area contributed by atoms with Gasteiger partial charge in [0.15, 0.2) is 11.5 Å². The summed E-state index contributed by atoms with van der Waals surface area (Å²) in [6.45, 7) is -0.428. The molecule has 1 aliphatic rings. The molecule has 3 amide bonds. The minimum absolute atomic E-state index is 0.00809. The Labute approximate surface area is 203 Å². The van der Waals surface area contributed by atoms with Gasteiger partial charge < -0.3 is 19.5 Å². The van der Waals surface area contributed by atoms with Crippen LogP contribution in [0.4, 0.5) is 10.5 Å². The molecule has 0 bridgehead atoms. The standard InChI is InChI=1S/C23H19BrN2O6S/c1-4-9-32-21-14(10-15(24)12-18(21)31-3)11-19-22(28)26(23(29)33-19)13-20(27)25-16-5-7-17(30-2)8-6-16/h1,5-8,10-12H,9,13H2,2-3H3,(H,25,27)/b19-11+. The molecule has 2 aromatic carbocycles. The predicted molar refractivity (Wildman–Crippen MR) is 129 cm³/mol. The van der Waals surface area contributed by atoms with Gasteiger partial charge in [-0.2, -0.15) is 0 Å². The lowest BCUT2D eigenvalue weighted by molar-refractivity contribution is -0.127. The number of ether oxygens (including phenoxy) is 3. The first-order valence-electron chi connectivity index (χ1n) is 9.49. The molecule has 0 radical (unpaired) electrons. The number of benzene rings is 2. The first kappa shape index (κ1) is 24.2. The maximum absolute atomic E-state index is 12.9. The van der Waals surface area contributed by atoms with Gasteiger partial charge in [0, 0.05) is 15.7 Å². The summed E-state index contributed by atoms with van der Waals surface area (Å²) in [5.74, 6) is 2.66. The zero-order valence-electron chi connectivity index (χ0n) is 17.7. The van der Waals surface area contributed by atoms with E-state index >= 15 is 0 Å². The molecular formula is C23H19BrN2O6S. The molecule has 0 aliphatic carbocycles. The van der Waals surface area contributed by atoms with Crippen molar-refractivity contribution in [2.45, 2.75) is 0 Å². The fourth-order valence-corrected chi connectivity index (χ4v) is 4.20. The van der Waals surface area contributed by atoms with Crippen LogP contribution >= 0.6 is 27.7 Å². The Balaban J connectivity index is 1.78. The van der Waals surface area contributed by atoms with Crippen LogP contribution in [0, 0.1) is 12.3 Å². The van der Waals surface area contributed by atoms with Gasteiger partial charge in [0.1, 0.15) is 18.9 Å². The summed E-state index contributed by atoms with van der Waals surface area (Å²) in [6, 6.07) is 10.1. The van der Waals surface area contributed by atoms with Gasteiger partial charge in [-0.05, 0) is 54.2 Å². The van der Waals surface area contributed by atoms with E-state index in [-0.39, 0.29) is 11.5 Å². The molecule has 10 heteroatoms. The molecule has 8 nitrogen and oxygen atoms in total. The zero-order valence-corrected chi connectivity index (χ0v) is 20.1. The van der Waals surface area contributed by atoms with Crippen LogP contribution in [-0.2, 0) is 9.59 Å². The Kier molecular flexibility index (Phi) is 8.03. The summed E-state index contributed by atoms with van der Waals surface area (Å²) in [5.41, 5.74) is 1.00. The van der Waals surface area contributed by atoms with Crippen LogP contribution in [0.3, 0.4) is 0 Å². The normalized spacial score (nSPS) is 14.2. The maximum Gasteiger partial charge on any atom is 0.294 e. The highest BCUT2D eigenvalue weighted by Crippen LogP contribution is 2.39. The largest absolute Gasteiger partial charge is 0.497 e. The minimum atomic E-state index is -0.586. The molecule has 1 heterocycles. The van der Waals surface area contributed by atoms with E-state index in [0.29, 0.717) is 33.0 Å². The molecule has 0 unspecified atom stereocenters. The number of thioether (sulfide) groups is 1. The number of carbonyl (C=O) groups is 3. The quantitative estimate of drug-likeness (QED) is 0.404. The molecule has 1 aliphatic heterocycles. The number of anilines is 1. The molecule has 0 spiro atoms. The number of nitrogens with one attached hydrogen (secondary N) is 1. The van der Waals surface area contributed by atoms with E-state index in [4.69, 9.17) is 20.6 Å². The van der Waals surface area contributed by atoms with Gasteiger partial charge in [0.05, 0.1) is 19.1 Å². The maximum atomic E-state index is 12.9. The van der Waals surface area contributed by atoms with E-state index in [9.17, 15) is 14.4 Å². The SMILES string of the molecule is C#CCOc1c(/C=C2/SC(=O)N(CC(=O)Nc3ccc(OC)cc3)C2=O)cc(Br)cc1OC. The number of amides is 3. The Morgan fingerprint density at radius 2 is 1.94 bits per heavy atom. The lowest BCUT2D eigenvalue weighted by Crippen LogP contribution is -2.36. The lowest BCUT2D eigenvalue weighted by atomic mass is 10.1. The van der Waals surface area contributed by atoms with Crippen molar-refractivity contribution >= 4 is 56.5 Å². The number of terminal acetylenes is 1. The Hall–Kier alpha value is -3.42. The second-order valence-electron chi connectivity index (χ2n) is 6.56. The summed E-state index contributed by atoms with van der Waals surface area (Å²) in [7, 11) is 3.01. The van der Waals surface area contributed by atoms with Crippen molar-refractivity contribution in [3.05, 3.63) is 51.3 Å². The summed E-state index contributed by atoms with van der Waals surface area (Å²) in [5, 5.41) is 2.10. The second kappa shape index (κ2) is 10.9. The van der Waals surface area contributed by atoms with Crippen LogP contribution in [0.25, 0.3) is 6.08 Å². The molecule has 3 rings (SSSR count). The van der Waals surface area contributed by atoms with Crippen LogP contribution in [-0.4, -0.2) is 49.3 Å². The van der Waals surface area contributed by atoms with Crippen molar-refractivity contribution in [2.75, 3.05) is 32.7 Å². The molecule has 170 valence electrons. The van der Waals surface area contributed by atoms with E-state index in [1.807, 2.05) is 0 Å². The van der Waals surface area contributed by atoms with Crippen molar-refractivity contribution in [1.29, 1.82) is 0 Å². The molecule has 0 atom stereocenters. The molecule has 1 fully saturated rings. The fourth-order valence-electron chi connectivity index (χ4n) is 2.91. The molecule has 1 saturated heterocycles. The molecule has 1 N–H and O–H groups in total. The Morgan fingerprint density at radius 3 is 2.58 bits per heavy atom. The van der Waals surface area contributed by atoms with Crippen LogP contribution in [0.2, 0.25) is 0 Å². The summed E-state index contributed by atoms with van der Waals surface area (Å²) >= 11 is 4.11. The monoisotopic (exact) mass is 530 g/mol. The highest BCUT2D eigenvalue weighted by molar-refractivity contribution is 9.10. The van der Waals surface area contributed by atoms with Crippen LogP contribution in [0.15, 0.2) is 45.8 Å². The van der Waals surface area contributed by atoms with E-state index in [1.165, 1.54) is 20.3 Å². The van der Waals surface area contributed by atoms with Crippen LogP contribution < -0.4 is 19.5 Å². The Morgan fingerprint density at radius 1 is 1.21 bits per heavy atom. The van der Waals surface area contributed by atoms with E-state index < -0.39 is 23.6 Å². The van der Waals surface area contributed by atoms with Crippen molar-refractivity contribution in [2.24, 2.45) is 0 Å². The number of rotatable bonds is 8. The lowest BCUT2D eigenvalue weighted by Gasteiger charge is -2.13. The number of nitrogens with zero attached hydrogens (tertiary/aromatic N) is 1. The van der Waals surface area contributed by atoms with Crippen LogP contribution in [0.1, 0.15) is 5.56 Å².